The number of hydrogen-bond donors (Lipinski definition) is 1. The van der Waals surface area contributed by atoms with E-state index in [4.69, 9.17) is 4.74 Å². The van der Waals surface area contributed by atoms with E-state index in [0.717, 1.165) is 25.3 Å². The minimum atomic E-state index is 0.251. The van der Waals surface area contributed by atoms with Crippen molar-refractivity contribution in [3.63, 3.8) is 0 Å². The fraction of sp³-hybridized carbons (Fsp3) is 0.600. The van der Waals surface area contributed by atoms with Gasteiger partial charge in [0.1, 0.15) is 5.75 Å². The van der Waals surface area contributed by atoms with Gasteiger partial charge in [0.25, 0.3) is 0 Å². The van der Waals surface area contributed by atoms with Crippen LogP contribution < -0.4 is 10.1 Å². The summed E-state index contributed by atoms with van der Waals surface area (Å²) in [5.74, 6) is 0.959. The van der Waals surface area contributed by atoms with Gasteiger partial charge >= 0.3 is 0 Å². The molecule has 0 radical (unpaired) electrons. The number of nitrogens with one attached hydrogen (secondary N) is 1. The molecule has 1 aromatic carbocycles. The van der Waals surface area contributed by atoms with Crippen LogP contribution in [0.4, 0.5) is 0 Å². The lowest BCUT2D eigenvalue weighted by atomic mass is 9.99. The van der Waals surface area contributed by atoms with Crippen molar-refractivity contribution >= 4 is 0 Å². The van der Waals surface area contributed by atoms with Crippen molar-refractivity contribution in [2.45, 2.75) is 45.6 Å². The number of para-hydroxylation sites is 1. The van der Waals surface area contributed by atoms with Crippen LogP contribution in [-0.4, -0.2) is 18.7 Å². The van der Waals surface area contributed by atoms with Gasteiger partial charge in [-0.3, -0.25) is 0 Å². The smallest absolute Gasteiger partial charge is 0.119 e. The van der Waals surface area contributed by atoms with Gasteiger partial charge in [0.2, 0.25) is 0 Å². The molecule has 0 aliphatic carbocycles. The van der Waals surface area contributed by atoms with Gasteiger partial charge in [-0.05, 0) is 45.4 Å². The summed E-state index contributed by atoms with van der Waals surface area (Å²) in [5, 5.41) is 3.57. The molecule has 0 aliphatic heterocycles. The fourth-order valence-corrected chi connectivity index (χ4v) is 1.92. The normalized spacial score (nSPS) is 11.5. The van der Waals surface area contributed by atoms with Crippen molar-refractivity contribution in [2.24, 2.45) is 0 Å². The van der Waals surface area contributed by atoms with E-state index < -0.39 is 0 Å². The second-order valence-electron chi connectivity index (χ2n) is 5.08. The highest BCUT2D eigenvalue weighted by molar-refractivity contribution is 5.20. The summed E-state index contributed by atoms with van der Waals surface area (Å²) in [6, 6.07) is 9.99. The first kappa shape index (κ1) is 14.0. The molecule has 0 spiro atoms. The van der Waals surface area contributed by atoms with E-state index in [9.17, 15) is 0 Å². The highest BCUT2D eigenvalue weighted by Gasteiger charge is 2.14. The molecule has 0 fully saturated rings. The number of benzene rings is 1. The van der Waals surface area contributed by atoms with Crippen molar-refractivity contribution in [1.29, 1.82) is 0 Å². The fourth-order valence-electron chi connectivity index (χ4n) is 1.92. The highest BCUT2D eigenvalue weighted by Crippen LogP contribution is 2.11. The predicted molar refractivity (Wildman–Crippen MR) is 73.5 cm³/mol. The molecule has 96 valence electrons. The van der Waals surface area contributed by atoms with E-state index in [1.807, 2.05) is 30.3 Å². The minimum absolute atomic E-state index is 0.251. The standard InChI is InChI=1S/C15H25NO/c1-4-11-15(2,3)16-12-8-13-17-14-9-6-5-7-10-14/h5-7,9-10,16H,4,8,11-13H2,1-3H3. The Bertz CT molecular complexity index is 295. The lowest BCUT2D eigenvalue weighted by Gasteiger charge is -2.25. The molecule has 0 bridgehead atoms. The van der Waals surface area contributed by atoms with Crippen LogP contribution >= 0.6 is 0 Å². The minimum Gasteiger partial charge on any atom is -0.494 e. The SMILES string of the molecule is CCCC(C)(C)NCCCOc1ccccc1. The van der Waals surface area contributed by atoms with Gasteiger partial charge in [-0.1, -0.05) is 31.5 Å². The van der Waals surface area contributed by atoms with Crippen LogP contribution in [0.5, 0.6) is 5.75 Å². The molecule has 2 heteroatoms. The first-order valence-electron chi connectivity index (χ1n) is 6.57. The molecule has 1 rings (SSSR count). The lowest BCUT2D eigenvalue weighted by molar-refractivity contribution is 0.289. The molecule has 0 amide bonds. The highest BCUT2D eigenvalue weighted by atomic mass is 16.5. The van der Waals surface area contributed by atoms with E-state index in [1.54, 1.807) is 0 Å². The predicted octanol–water partition coefficient (Wildman–Crippen LogP) is 3.62. The first-order chi connectivity index (χ1) is 8.14. The van der Waals surface area contributed by atoms with Crippen LogP contribution in [0.2, 0.25) is 0 Å². The average Bonchev–Trinajstić information content (AvgIpc) is 2.30. The van der Waals surface area contributed by atoms with E-state index >= 15 is 0 Å². The quantitative estimate of drug-likeness (QED) is 0.695. The summed E-state index contributed by atoms with van der Waals surface area (Å²) in [6.45, 7) is 8.53. The van der Waals surface area contributed by atoms with E-state index in [2.05, 4.69) is 26.1 Å². The van der Waals surface area contributed by atoms with Gasteiger partial charge in [0.05, 0.1) is 6.61 Å². The molecule has 0 atom stereocenters. The Labute approximate surface area is 105 Å². The van der Waals surface area contributed by atoms with Crippen LogP contribution in [0, 0.1) is 0 Å². The molecular weight excluding hydrogens is 210 g/mol. The van der Waals surface area contributed by atoms with E-state index in [0.29, 0.717) is 0 Å². The Hall–Kier alpha value is -1.02. The van der Waals surface area contributed by atoms with E-state index in [-0.39, 0.29) is 5.54 Å². The van der Waals surface area contributed by atoms with Crippen LogP contribution in [0.25, 0.3) is 0 Å². The topological polar surface area (TPSA) is 21.3 Å². The Morgan fingerprint density at radius 2 is 1.88 bits per heavy atom. The molecule has 0 saturated carbocycles. The summed E-state index contributed by atoms with van der Waals surface area (Å²) < 4.78 is 5.64. The third-order valence-corrected chi connectivity index (χ3v) is 2.81. The Morgan fingerprint density at radius 3 is 2.53 bits per heavy atom. The maximum Gasteiger partial charge on any atom is 0.119 e. The van der Waals surface area contributed by atoms with Crippen LogP contribution in [0.1, 0.15) is 40.0 Å². The Balaban J connectivity index is 2.09. The Kier molecular flexibility index (Phi) is 6.06. The molecule has 1 aromatic rings. The summed E-state index contributed by atoms with van der Waals surface area (Å²) in [5.41, 5.74) is 0.251. The summed E-state index contributed by atoms with van der Waals surface area (Å²) in [6.07, 6.45) is 3.48. The van der Waals surface area contributed by atoms with Crippen LogP contribution in [0.3, 0.4) is 0 Å². The van der Waals surface area contributed by atoms with Gasteiger partial charge in [-0.25, -0.2) is 0 Å². The van der Waals surface area contributed by atoms with Gasteiger partial charge in [-0.2, -0.15) is 0 Å². The van der Waals surface area contributed by atoms with Crippen LogP contribution in [0.15, 0.2) is 30.3 Å². The van der Waals surface area contributed by atoms with Gasteiger partial charge < -0.3 is 10.1 Å². The maximum atomic E-state index is 5.64. The zero-order valence-corrected chi connectivity index (χ0v) is 11.3. The third-order valence-electron chi connectivity index (χ3n) is 2.81. The second kappa shape index (κ2) is 7.33. The maximum absolute atomic E-state index is 5.64. The largest absolute Gasteiger partial charge is 0.494 e. The average molecular weight is 235 g/mol. The monoisotopic (exact) mass is 235 g/mol. The summed E-state index contributed by atoms with van der Waals surface area (Å²) in [4.78, 5) is 0. The first-order valence-corrected chi connectivity index (χ1v) is 6.57. The Morgan fingerprint density at radius 1 is 1.18 bits per heavy atom. The molecule has 1 N–H and O–H groups in total. The number of ether oxygens (including phenoxy) is 1. The lowest BCUT2D eigenvalue weighted by Crippen LogP contribution is -2.39. The molecule has 0 unspecified atom stereocenters. The van der Waals surface area contributed by atoms with Crippen molar-refractivity contribution in [1.82, 2.24) is 5.32 Å². The molecule has 0 aliphatic rings. The second-order valence-corrected chi connectivity index (χ2v) is 5.08. The van der Waals surface area contributed by atoms with Crippen molar-refractivity contribution in [3.05, 3.63) is 30.3 Å². The molecule has 0 heterocycles. The molecular formula is C15H25NO. The molecule has 0 aromatic heterocycles. The molecule has 2 nitrogen and oxygen atoms in total. The summed E-state index contributed by atoms with van der Waals surface area (Å²) >= 11 is 0. The molecule has 17 heavy (non-hydrogen) atoms. The van der Waals surface area contributed by atoms with Gasteiger partial charge in [-0.15, -0.1) is 0 Å². The number of hydrogen-bond acceptors (Lipinski definition) is 2. The van der Waals surface area contributed by atoms with Crippen LogP contribution in [-0.2, 0) is 0 Å². The molecule has 0 saturated heterocycles. The number of rotatable bonds is 8. The zero-order valence-electron chi connectivity index (χ0n) is 11.3. The van der Waals surface area contributed by atoms with Gasteiger partial charge in [0, 0.05) is 5.54 Å². The zero-order chi connectivity index (χ0) is 12.6. The third kappa shape index (κ3) is 6.32. The van der Waals surface area contributed by atoms with Crippen molar-refractivity contribution in [2.75, 3.05) is 13.2 Å². The van der Waals surface area contributed by atoms with Crippen molar-refractivity contribution in [3.8, 4) is 5.75 Å². The summed E-state index contributed by atoms with van der Waals surface area (Å²) in [7, 11) is 0. The van der Waals surface area contributed by atoms with Gasteiger partial charge in [0.15, 0.2) is 0 Å². The van der Waals surface area contributed by atoms with Crippen molar-refractivity contribution < 1.29 is 4.74 Å². The van der Waals surface area contributed by atoms with E-state index in [1.165, 1.54) is 12.8 Å².